The van der Waals surface area contributed by atoms with Gasteiger partial charge in [-0.15, -0.1) is 0 Å². The van der Waals surface area contributed by atoms with Crippen molar-refractivity contribution in [1.29, 1.82) is 0 Å². The molecule has 2 fully saturated rings. The lowest BCUT2D eigenvalue weighted by atomic mass is 9.88. The first kappa shape index (κ1) is 38.7. The molecule has 194 valence electrons. The fourth-order valence-corrected chi connectivity index (χ4v) is 4.26. The summed E-state index contributed by atoms with van der Waals surface area (Å²) < 4.78 is 31.6. The second-order valence-electron chi connectivity index (χ2n) is 9.10. The Kier molecular flexibility index (Phi) is 22.2. The van der Waals surface area contributed by atoms with Gasteiger partial charge in [0.15, 0.2) is 8.32 Å². The van der Waals surface area contributed by atoms with Gasteiger partial charge in [-0.25, -0.2) is 0 Å². The molecule has 2 rings (SSSR count). The van der Waals surface area contributed by atoms with Gasteiger partial charge in [0.05, 0.1) is 12.2 Å². The van der Waals surface area contributed by atoms with Crippen molar-refractivity contribution in [3.05, 3.63) is 0 Å². The van der Waals surface area contributed by atoms with Gasteiger partial charge >= 0.3 is 17.1 Å². The predicted molar refractivity (Wildman–Crippen MR) is 143 cm³/mol. The number of rotatable bonds is 8. The van der Waals surface area contributed by atoms with Gasteiger partial charge in [-0.05, 0) is 76.9 Å². The number of hydrogen-bond acceptors (Lipinski definition) is 6. The van der Waals surface area contributed by atoms with E-state index in [4.69, 9.17) is 26.9 Å². The Labute approximate surface area is 199 Å². The van der Waals surface area contributed by atoms with Gasteiger partial charge in [-0.3, -0.25) is 0 Å². The molecule has 0 spiro atoms. The van der Waals surface area contributed by atoms with Crippen LogP contribution in [0.3, 0.4) is 0 Å². The van der Waals surface area contributed by atoms with Crippen molar-refractivity contribution < 1.29 is 26.9 Å². The van der Waals surface area contributed by atoms with Crippen LogP contribution in [0.25, 0.3) is 0 Å². The summed E-state index contributed by atoms with van der Waals surface area (Å²) in [5.74, 6) is 0.839. The van der Waals surface area contributed by atoms with Gasteiger partial charge < -0.3 is 26.9 Å². The number of epoxide rings is 1. The highest BCUT2D eigenvalue weighted by atomic mass is 28.4. The van der Waals surface area contributed by atoms with Crippen LogP contribution in [-0.2, 0) is 26.9 Å². The fourth-order valence-electron chi connectivity index (χ4n) is 2.59. The van der Waals surface area contributed by atoms with Crippen LogP contribution in [0.4, 0.5) is 0 Å². The van der Waals surface area contributed by atoms with Gasteiger partial charge in [0, 0.05) is 35.5 Å². The maximum atomic E-state index is 5.54. The largest absolute Gasteiger partial charge is 0.421 e. The van der Waals surface area contributed by atoms with Crippen molar-refractivity contribution in [2.75, 3.05) is 35.5 Å². The molecule has 31 heavy (non-hydrogen) atoms. The van der Waals surface area contributed by atoms with Crippen LogP contribution in [0.1, 0.15) is 48.0 Å². The zero-order chi connectivity index (χ0) is 22.0. The average Bonchev–Trinajstić information content (AvgIpc) is 3.45. The number of fused-ring (bicyclic) bond motifs is 1. The van der Waals surface area contributed by atoms with Crippen molar-refractivity contribution in [3.63, 3.8) is 0 Å². The third-order valence-electron chi connectivity index (χ3n) is 5.58. The van der Waals surface area contributed by atoms with Crippen molar-refractivity contribution in [3.8, 4) is 0 Å². The summed E-state index contributed by atoms with van der Waals surface area (Å²) in [5.41, 5.74) is 0. The van der Waals surface area contributed by atoms with E-state index in [-0.39, 0.29) is 22.3 Å². The van der Waals surface area contributed by atoms with Gasteiger partial charge in [-0.2, -0.15) is 0 Å². The predicted octanol–water partition coefficient (Wildman–Crippen LogP) is 6.67. The molecule has 3 unspecified atom stereocenters. The first-order valence-corrected chi connectivity index (χ1v) is 19.0. The normalized spacial score (nSPS) is 22.0. The summed E-state index contributed by atoms with van der Waals surface area (Å²) >= 11 is 0. The maximum Gasteiger partial charge on any atom is 0.334 e. The molecule has 1 aliphatic heterocycles. The molecule has 0 aromatic heterocycles. The van der Waals surface area contributed by atoms with Crippen LogP contribution in [0.2, 0.25) is 45.3 Å². The summed E-state index contributed by atoms with van der Waals surface area (Å²) in [4.78, 5) is 0. The van der Waals surface area contributed by atoms with Gasteiger partial charge in [-0.1, -0.05) is 22.3 Å². The van der Waals surface area contributed by atoms with Crippen LogP contribution in [-0.4, -0.2) is 73.2 Å². The highest BCUT2D eigenvalue weighted by molar-refractivity contribution is 6.69. The summed E-state index contributed by atoms with van der Waals surface area (Å²) in [5, 5.41) is 0. The quantitative estimate of drug-likeness (QED) is 0.273. The van der Waals surface area contributed by atoms with E-state index in [0.717, 1.165) is 12.0 Å². The summed E-state index contributed by atoms with van der Waals surface area (Å²) in [6.07, 6.45) is 6.34. The molecule has 0 amide bonds. The van der Waals surface area contributed by atoms with E-state index in [0.29, 0.717) is 12.2 Å². The minimum atomic E-state index is -1.83. The third kappa shape index (κ3) is 18.5. The Bertz CT molecular complexity index is 409. The molecule has 9 heteroatoms. The number of ether oxygens (including phenoxy) is 1. The minimum Gasteiger partial charge on any atom is -0.421 e. The first-order chi connectivity index (χ1) is 12.8. The van der Waals surface area contributed by atoms with Crippen LogP contribution < -0.4 is 0 Å². The highest BCUT2D eigenvalue weighted by Crippen LogP contribution is 2.41. The van der Waals surface area contributed by atoms with E-state index in [9.17, 15) is 0 Å². The Morgan fingerprint density at radius 3 is 1.42 bits per heavy atom. The summed E-state index contributed by atoms with van der Waals surface area (Å²) in [6.45, 7) is 12.6. The minimum absolute atomic E-state index is 0. The fraction of sp³-hybridized carbons (Fsp3) is 1.00. The molecule has 1 aliphatic carbocycles. The van der Waals surface area contributed by atoms with E-state index in [2.05, 4.69) is 26.2 Å². The molecular weight excluding hydrogens is 444 g/mol. The average molecular weight is 503 g/mol. The van der Waals surface area contributed by atoms with Gasteiger partial charge in [0.1, 0.15) is 0 Å². The van der Waals surface area contributed by atoms with E-state index >= 15 is 0 Å². The molecule has 1 saturated heterocycles. The van der Waals surface area contributed by atoms with Gasteiger partial charge in [0.2, 0.25) is 0 Å². The molecule has 0 aromatic carbocycles. The van der Waals surface area contributed by atoms with E-state index < -0.39 is 25.4 Å². The molecule has 0 N–H and O–H groups in total. The van der Waals surface area contributed by atoms with Crippen molar-refractivity contribution >= 4 is 25.4 Å². The molecule has 0 radical (unpaired) electrons. The lowest BCUT2D eigenvalue weighted by Gasteiger charge is -2.26. The van der Waals surface area contributed by atoms with E-state index in [1.54, 1.807) is 35.5 Å². The molecule has 3 atom stereocenters. The monoisotopic (exact) mass is 502 g/mol. The van der Waals surface area contributed by atoms with Gasteiger partial charge in [0.25, 0.3) is 0 Å². The molecule has 1 heterocycles. The molecule has 0 aromatic rings. The van der Waals surface area contributed by atoms with Crippen molar-refractivity contribution in [1.82, 2.24) is 0 Å². The number of hydrogen-bond donors (Lipinski definition) is 0. The Balaban J connectivity index is -0.000000196. The molecule has 2 aliphatic rings. The van der Waals surface area contributed by atoms with Crippen LogP contribution in [0, 0.1) is 5.92 Å². The smallest absolute Gasteiger partial charge is 0.334 e. The second kappa shape index (κ2) is 17.8. The van der Waals surface area contributed by atoms with E-state index in [1.165, 1.54) is 25.7 Å². The van der Waals surface area contributed by atoms with Crippen molar-refractivity contribution in [2.24, 2.45) is 5.92 Å². The van der Waals surface area contributed by atoms with Crippen molar-refractivity contribution in [2.45, 2.75) is 105 Å². The Morgan fingerprint density at radius 1 is 0.677 bits per heavy atom. The summed E-state index contributed by atoms with van der Waals surface area (Å²) in [7, 11) is 4.06. The lowest BCUT2D eigenvalue weighted by molar-refractivity contribution is 0.242. The lowest BCUT2D eigenvalue weighted by Crippen LogP contribution is -2.36. The highest BCUT2D eigenvalue weighted by Gasteiger charge is 2.44. The maximum absolute atomic E-state index is 5.54. The third-order valence-corrected chi connectivity index (χ3v) is 11.7. The Morgan fingerprint density at radius 2 is 1.13 bits per heavy atom. The second-order valence-corrected chi connectivity index (χ2v) is 20.9. The molecular formula is C22H58O6Si3. The molecule has 0 bridgehead atoms. The molecule has 1 saturated carbocycles. The summed E-state index contributed by atoms with van der Waals surface area (Å²) in [6, 6.07) is 1.11. The topological polar surface area (TPSA) is 58.7 Å². The van der Waals surface area contributed by atoms with Crippen LogP contribution in [0.15, 0.2) is 0 Å². The first-order valence-electron chi connectivity index (χ1n) is 10.3. The van der Waals surface area contributed by atoms with Crippen LogP contribution >= 0.6 is 0 Å². The zero-order valence-electron chi connectivity index (χ0n) is 20.2. The Hall–Kier alpha value is 0.411. The van der Waals surface area contributed by atoms with E-state index in [1.807, 2.05) is 13.1 Å². The SMILES string of the molecule is C.C.C.CO[Si](C)(C)C.CO[Si](C)(C)OC.CO[Si](C)(CCC1CCC2OC2C1)OC. The standard InChI is InChI=1S/C11H22O3Si.C4H12O2Si.C4H12OSi.3CH4/c1-12-15(3,13-2)7-6-9-4-5-10-11(8-9)14-10;1-5-7(3,4)6-2;1-5-6(2,3)4;;;/h9-11H,4-8H2,1-3H3;1-4H3;1-4H3;3*1H4. The van der Waals surface area contributed by atoms with Crippen LogP contribution in [0.5, 0.6) is 0 Å². The molecule has 6 nitrogen and oxygen atoms in total. The zero-order valence-corrected chi connectivity index (χ0v) is 23.2.